The van der Waals surface area contributed by atoms with Crippen LogP contribution < -0.4 is 0 Å². The van der Waals surface area contributed by atoms with Crippen molar-refractivity contribution in [2.24, 2.45) is 5.41 Å². The van der Waals surface area contributed by atoms with Gasteiger partial charge in [0.1, 0.15) is 0 Å². The minimum atomic E-state index is -0.515. The second kappa shape index (κ2) is 2.45. The summed E-state index contributed by atoms with van der Waals surface area (Å²) in [7, 11) is 0. The first kappa shape index (κ1) is 8.47. The van der Waals surface area contributed by atoms with Crippen molar-refractivity contribution in [3.05, 3.63) is 11.6 Å². The van der Waals surface area contributed by atoms with Gasteiger partial charge < -0.3 is 5.11 Å². The highest BCUT2D eigenvalue weighted by atomic mass is 16.3. The lowest BCUT2D eigenvalue weighted by molar-refractivity contribution is -0.119. The normalized spacial score (nSPS) is 30.0. The van der Waals surface area contributed by atoms with Gasteiger partial charge in [-0.1, -0.05) is 19.9 Å². The maximum atomic E-state index is 11.1. The largest absolute Gasteiger partial charge is 0.392 e. The van der Waals surface area contributed by atoms with Crippen molar-refractivity contribution in [2.75, 3.05) is 0 Å². The number of allylic oxidation sites excluding steroid dienone is 1. The Bertz CT molecular complexity index is 214. The number of carbonyl (C=O) groups is 1. The third kappa shape index (κ3) is 1.51. The minimum absolute atomic E-state index is 0.0665. The Hall–Kier alpha value is -0.630. The van der Waals surface area contributed by atoms with E-state index in [1.165, 1.54) is 0 Å². The lowest BCUT2D eigenvalue weighted by atomic mass is 9.77. The second-order valence-corrected chi connectivity index (χ2v) is 3.79. The number of aliphatic hydroxyl groups is 1. The smallest absolute Gasteiger partial charge is 0.160 e. The standard InChI is InChI=1S/C9H14O2/c1-6-5-9(2,3)8(11)4-7(6)10/h5,8,11H,4H2,1-3H3. The van der Waals surface area contributed by atoms with E-state index in [9.17, 15) is 9.90 Å². The van der Waals surface area contributed by atoms with Gasteiger partial charge in [0.15, 0.2) is 5.78 Å². The number of carbonyl (C=O) groups excluding carboxylic acids is 1. The van der Waals surface area contributed by atoms with Crippen molar-refractivity contribution in [2.45, 2.75) is 33.3 Å². The zero-order valence-electron chi connectivity index (χ0n) is 7.22. The van der Waals surface area contributed by atoms with Crippen LogP contribution in [0.2, 0.25) is 0 Å². The molecule has 0 fully saturated rings. The molecule has 0 bridgehead atoms. The maximum absolute atomic E-state index is 11.1. The molecule has 0 amide bonds. The van der Waals surface area contributed by atoms with Crippen LogP contribution in [-0.2, 0) is 4.79 Å². The van der Waals surface area contributed by atoms with Crippen LogP contribution in [-0.4, -0.2) is 17.0 Å². The Kier molecular flexibility index (Phi) is 1.89. The van der Waals surface area contributed by atoms with Gasteiger partial charge in [-0.3, -0.25) is 4.79 Å². The van der Waals surface area contributed by atoms with E-state index in [1.807, 2.05) is 19.9 Å². The van der Waals surface area contributed by atoms with E-state index in [0.29, 0.717) is 0 Å². The number of aliphatic hydroxyl groups excluding tert-OH is 1. The highest BCUT2D eigenvalue weighted by Crippen LogP contribution is 2.31. The molecule has 1 rings (SSSR count). The van der Waals surface area contributed by atoms with Crippen molar-refractivity contribution >= 4 is 5.78 Å². The van der Waals surface area contributed by atoms with Gasteiger partial charge in [0.05, 0.1) is 6.10 Å². The summed E-state index contributed by atoms with van der Waals surface area (Å²) in [6.45, 7) is 5.68. The van der Waals surface area contributed by atoms with Crippen molar-refractivity contribution in [3.63, 3.8) is 0 Å². The van der Waals surface area contributed by atoms with E-state index in [1.54, 1.807) is 6.92 Å². The lowest BCUT2D eigenvalue weighted by Crippen LogP contribution is -2.34. The first-order chi connectivity index (χ1) is 4.93. The van der Waals surface area contributed by atoms with Gasteiger partial charge in [-0.05, 0) is 12.5 Å². The van der Waals surface area contributed by atoms with Crippen LogP contribution >= 0.6 is 0 Å². The molecule has 0 aromatic carbocycles. The summed E-state index contributed by atoms with van der Waals surface area (Å²) in [5.41, 5.74) is 0.540. The monoisotopic (exact) mass is 154 g/mol. The molecular weight excluding hydrogens is 140 g/mol. The first-order valence-corrected chi connectivity index (χ1v) is 3.84. The Morgan fingerprint density at radius 3 is 2.64 bits per heavy atom. The van der Waals surface area contributed by atoms with Gasteiger partial charge in [-0.15, -0.1) is 0 Å². The summed E-state index contributed by atoms with van der Waals surface area (Å²) in [5.74, 6) is 0.0665. The molecule has 11 heavy (non-hydrogen) atoms. The zero-order valence-corrected chi connectivity index (χ0v) is 7.22. The summed E-state index contributed by atoms with van der Waals surface area (Å²) in [5, 5.41) is 9.46. The highest BCUT2D eigenvalue weighted by Gasteiger charge is 2.32. The fourth-order valence-electron chi connectivity index (χ4n) is 1.33. The van der Waals surface area contributed by atoms with Crippen LogP contribution in [0.25, 0.3) is 0 Å². The van der Waals surface area contributed by atoms with E-state index in [2.05, 4.69) is 0 Å². The zero-order chi connectivity index (χ0) is 8.65. The molecule has 0 aromatic heterocycles. The molecule has 0 saturated carbocycles. The van der Waals surface area contributed by atoms with Crippen molar-refractivity contribution in [1.29, 1.82) is 0 Å². The van der Waals surface area contributed by atoms with Gasteiger partial charge in [-0.2, -0.15) is 0 Å². The van der Waals surface area contributed by atoms with Crippen LogP contribution in [0.1, 0.15) is 27.2 Å². The summed E-state index contributed by atoms with van der Waals surface area (Å²) < 4.78 is 0. The van der Waals surface area contributed by atoms with E-state index in [4.69, 9.17) is 0 Å². The van der Waals surface area contributed by atoms with Crippen LogP contribution in [0.5, 0.6) is 0 Å². The maximum Gasteiger partial charge on any atom is 0.160 e. The molecule has 0 spiro atoms. The third-order valence-electron chi connectivity index (χ3n) is 2.27. The summed E-state index contributed by atoms with van der Waals surface area (Å²) in [6, 6.07) is 0. The van der Waals surface area contributed by atoms with Gasteiger partial charge in [0.2, 0.25) is 0 Å². The molecule has 2 nitrogen and oxygen atoms in total. The number of hydrogen-bond acceptors (Lipinski definition) is 2. The quantitative estimate of drug-likeness (QED) is 0.571. The molecule has 1 aliphatic rings. The molecule has 0 aromatic rings. The third-order valence-corrected chi connectivity index (χ3v) is 2.27. The topological polar surface area (TPSA) is 37.3 Å². The Balaban J connectivity index is 2.96. The Labute approximate surface area is 66.9 Å². The van der Waals surface area contributed by atoms with Crippen molar-refractivity contribution in [1.82, 2.24) is 0 Å². The average Bonchev–Trinajstić information content (AvgIpc) is 1.83. The molecule has 1 atom stereocenters. The van der Waals surface area contributed by atoms with Crippen LogP contribution in [0, 0.1) is 5.41 Å². The number of hydrogen-bond donors (Lipinski definition) is 1. The van der Waals surface area contributed by atoms with E-state index >= 15 is 0 Å². The van der Waals surface area contributed by atoms with Gasteiger partial charge in [-0.25, -0.2) is 0 Å². The molecular formula is C9H14O2. The van der Waals surface area contributed by atoms with Crippen molar-refractivity contribution in [3.8, 4) is 0 Å². The summed E-state index contributed by atoms with van der Waals surface area (Å²) in [6.07, 6.45) is 1.61. The van der Waals surface area contributed by atoms with E-state index < -0.39 is 6.10 Å². The molecule has 0 aliphatic heterocycles. The molecule has 0 heterocycles. The van der Waals surface area contributed by atoms with E-state index in [0.717, 1.165) is 5.57 Å². The van der Waals surface area contributed by atoms with Crippen molar-refractivity contribution < 1.29 is 9.90 Å². The SMILES string of the molecule is CC1=CC(C)(C)C(O)CC1=O. The highest BCUT2D eigenvalue weighted by molar-refractivity contribution is 5.96. The van der Waals surface area contributed by atoms with Gasteiger partial charge in [0.25, 0.3) is 0 Å². The number of ketones is 1. The predicted octanol–water partition coefficient (Wildman–Crippen LogP) is 1.29. The lowest BCUT2D eigenvalue weighted by Gasteiger charge is -2.31. The number of rotatable bonds is 0. The molecule has 62 valence electrons. The Morgan fingerprint density at radius 1 is 1.64 bits per heavy atom. The average molecular weight is 154 g/mol. The van der Waals surface area contributed by atoms with E-state index in [-0.39, 0.29) is 17.6 Å². The first-order valence-electron chi connectivity index (χ1n) is 3.84. The fraction of sp³-hybridized carbons (Fsp3) is 0.667. The Morgan fingerprint density at radius 2 is 2.18 bits per heavy atom. The molecule has 1 aliphatic carbocycles. The van der Waals surface area contributed by atoms with Gasteiger partial charge >= 0.3 is 0 Å². The number of Topliss-reactive ketones (excluding diaryl/α,β-unsaturated/α-hetero) is 1. The summed E-state index contributed by atoms with van der Waals surface area (Å²) >= 11 is 0. The second-order valence-electron chi connectivity index (χ2n) is 3.79. The fourth-order valence-corrected chi connectivity index (χ4v) is 1.33. The minimum Gasteiger partial charge on any atom is -0.392 e. The molecule has 0 saturated heterocycles. The summed E-state index contributed by atoms with van der Waals surface area (Å²) in [4.78, 5) is 11.1. The van der Waals surface area contributed by atoms with Crippen LogP contribution in [0.15, 0.2) is 11.6 Å². The van der Waals surface area contributed by atoms with Crippen LogP contribution in [0.3, 0.4) is 0 Å². The van der Waals surface area contributed by atoms with Gasteiger partial charge in [0, 0.05) is 11.8 Å². The van der Waals surface area contributed by atoms with Crippen LogP contribution in [0.4, 0.5) is 0 Å². The predicted molar refractivity (Wildman–Crippen MR) is 43.2 cm³/mol. The molecule has 1 N–H and O–H groups in total. The molecule has 1 unspecified atom stereocenters. The molecule has 0 radical (unpaired) electrons. The molecule has 2 heteroatoms.